The highest BCUT2D eigenvalue weighted by Gasteiger charge is 2.37. The van der Waals surface area contributed by atoms with Gasteiger partial charge in [0.05, 0.1) is 35.0 Å². The molecule has 0 radical (unpaired) electrons. The second-order valence-electron chi connectivity index (χ2n) is 9.64. The van der Waals surface area contributed by atoms with Crippen molar-refractivity contribution in [1.82, 2.24) is 4.90 Å². The van der Waals surface area contributed by atoms with Gasteiger partial charge in [-0.15, -0.1) is 0 Å². The van der Waals surface area contributed by atoms with E-state index in [2.05, 4.69) is 15.5 Å². The van der Waals surface area contributed by atoms with Crippen molar-refractivity contribution in [3.05, 3.63) is 111 Å². The summed E-state index contributed by atoms with van der Waals surface area (Å²) in [7, 11) is 1.56. The number of hydrogen-bond acceptors (Lipinski definition) is 8. The van der Waals surface area contributed by atoms with Crippen LogP contribution in [0.25, 0.3) is 6.08 Å². The summed E-state index contributed by atoms with van der Waals surface area (Å²) in [6, 6.07) is 20.2. The van der Waals surface area contributed by atoms with Gasteiger partial charge in [-0.05, 0) is 66.9 Å². The maximum absolute atomic E-state index is 13.8. The highest BCUT2D eigenvalue weighted by molar-refractivity contribution is 8.13. The number of carbonyl (C=O) groups is 2. The first kappa shape index (κ1) is 28.6. The number of nitrogens with one attached hydrogen (secondary N) is 2. The number of nitro benzene ring substituents is 1. The molecule has 42 heavy (non-hydrogen) atoms. The van der Waals surface area contributed by atoms with Gasteiger partial charge in [0.1, 0.15) is 5.75 Å². The van der Waals surface area contributed by atoms with Crippen molar-refractivity contribution >= 4 is 51.9 Å². The van der Waals surface area contributed by atoms with E-state index in [1.807, 2.05) is 37.3 Å². The molecule has 0 spiro atoms. The lowest BCUT2D eigenvalue weighted by Gasteiger charge is -2.41. The number of methoxy groups -OCH3 is 1. The number of non-ortho nitro benzene ring substituents is 1. The van der Waals surface area contributed by atoms with Crippen molar-refractivity contribution in [2.45, 2.75) is 19.4 Å². The highest BCUT2D eigenvalue weighted by atomic mass is 32.2. The summed E-state index contributed by atoms with van der Waals surface area (Å²) < 4.78 is 5.43. The van der Waals surface area contributed by atoms with Gasteiger partial charge in [0.25, 0.3) is 11.6 Å². The fourth-order valence-corrected chi connectivity index (χ4v) is 5.91. The molecule has 2 amide bonds. The third kappa shape index (κ3) is 6.36. The topological polar surface area (TPSA) is 126 Å². The van der Waals surface area contributed by atoms with Gasteiger partial charge in [0.2, 0.25) is 5.91 Å². The number of thioether (sulfide) groups is 1. The third-order valence-electron chi connectivity index (χ3n) is 6.86. The number of ether oxygens (including phenoxy) is 1. The summed E-state index contributed by atoms with van der Waals surface area (Å²) in [6.07, 6.45) is 3.91. The largest absolute Gasteiger partial charge is 0.495 e. The fraction of sp³-hybridized carbons (Fsp3) is 0.194. The molecule has 0 aromatic heterocycles. The Balaban J connectivity index is 1.40. The van der Waals surface area contributed by atoms with Gasteiger partial charge >= 0.3 is 0 Å². The van der Waals surface area contributed by atoms with Gasteiger partial charge in [-0.1, -0.05) is 36.0 Å². The van der Waals surface area contributed by atoms with Crippen molar-refractivity contribution in [3.8, 4) is 5.75 Å². The lowest BCUT2D eigenvalue weighted by molar-refractivity contribution is -0.384. The van der Waals surface area contributed by atoms with Gasteiger partial charge in [-0.25, -0.2) is 4.99 Å². The van der Waals surface area contributed by atoms with Gasteiger partial charge in [0.15, 0.2) is 5.17 Å². The monoisotopic (exact) mass is 583 g/mol. The Bertz CT molecular complexity index is 1620. The molecular formula is C31H29N5O5S. The van der Waals surface area contributed by atoms with E-state index in [0.29, 0.717) is 34.0 Å². The van der Waals surface area contributed by atoms with Crippen LogP contribution in [0.2, 0.25) is 0 Å². The van der Waals surface area contributed by atoms with E-state index in [9.17, 15) is 19.7 Å². The molecule has 2 N–H and O–H groups in total. The molecule has 3 aromatic carbocycles. The van der Waals surface area contributed by atoms with Crippen molar-refractivity contribution in [2.75, 3.05) is 30.0 Å². The van der Waals surface area contributed by atoms with Crippen LogP contribution in [0.5, 0.6) is 5.75 Å². The zero-order chi connectivity index (χ0) is 29.6. The number of nitro groups is 1. The van der Waals surface area contributed by atoms with Gasteiger partial charge in [-0.3, -0.25) is 19.7 Å². The number of carbonyl (C=O) groups excluding carboxylic acids is 2. The standard InChI is InChI=1S/C31H29N5O5S/c1-20-28(30(38)34-25-9-3-4-10-26(25)41-2)29(35-17-6-18-42-31(35)32-20)22-7-5-8-23(19-22)33-27(37)16-13-21-11-14-24(15-12-21)36(39)40/h3-5,7-16,19,29H,6,17-18H2,1-2H3,(H,33,37)(H,34,38). The molecule has 11 heteroatoms. The lowest BCUT2D eigenvalue weighted by Crippen LogP contribution is -2.43. The quantitative estimate of drug-likeness (QED) is 0.189. The molecule has 2 aliphatic rings. The molecule has 0 saturated carbocycles. The minimum absolute atomic E-state index is 0.0170. The smallest absolute Gasteiger partial charge is 0.269 e. The predicted octanol–water partition coefficient (Wildman–Crippen LogP) is 6.02. The molecule has 5 rings (SSSR count). The van der Waals surface area contributed by atoms with Crippen molar-refractivity contribution < 1.29 is 19.2 Å². The minimum Gasteiger partial charge on any atom is -0.495 e. The van der Waals surface area contributed by atoms with Crippen LogP contribution in [0.4, 0.5) is 17.1 Å². The Kier molecular flexibility index (Phi) is 8.68. The van der Waals surface area contributed by atoms with Crippen molar-refractivity contribution in [3.63, 3.8) is 0 Å². The minimum atomic E-state index is -0.471. The highest BCUT2D eigenvalue weighted by Crippen LogP contribution is 2.40. The summed E-state index contributed by atoms with van der Waals surface area (Å²) in [5, 5.41) is 17.6. The van der Waals surface area contributed by atoms with Crippen LogP contribution in [0, 0.1) is 10.1 Å². The number of hydrogen-bond donors (Lipinski definition) is 2. The van der Waals surface area contributed by atoms with Crippen LogP contribution < -0.4 is 15.4 Å². The molecule has 10 nitrogen and oxygen atoms in total. The maximum Gasteiger partial charge on any atom is 0.269 e. The molecule has 1 fully saturated rings. The second-order valence-corrected chi connectivity index (χ2v) is 10.7. The van der Waals surface area contributed by atoms with Crippen LogP contribution in [0.3, 0.4) is 0 Å². The Hall–Kier alpha value is -4.90. The van der Waals surface area contributed by atoms with E-state index in [-0.39, 0.29) is 17.5 Å². The Labute approximate surface area is 247 Å². The van der Waals surface area contributed by atoms with E-state index in [0.717, 1.165) is 29.4 Å². The number of para-hydroxylation sites is 2. The summed E-state index contributed by atoms with van der Waals surface area (Å²) in [4.78, 5) is 43.9. The first-order chi connectivity index (χ1) is 20.3. The number of amides is 2. The molecule has 0 bridgehead atoms. The van der Waals surface area contributed by atoms with Gasteiger partial charge in [0, 0.05) is 36.2 Å². The first-order valence-electron chi connectivity index (χ1n) is 13.3. The molecular weight excluding hydrogens is 554 g/mol. The van der Waals surface area contributed by atoms with Crippen LogP contribution >= 0.6 is 11.8 Å². The van der Waals surface area contributed by atoms with Crippen molar-refractivity contribution in [1.29, 1.82) is 0 Å². The summed E-state index contributed by atoms with van der Waals surface area (Å²) in [6.45, 7) is 2.59. The second kappa shape index (κ2) is 12.7. The van der Waals surface area contributed by atoms with E-state index in [4.69, 9.17) is 9.73 Å². The lowest BCUT2D eigenvalue weighted by atomic mass is 9.93. The number of rotatable bonds is 8. The average molecular weight is 584 g/mol. The van der Waals surface area contributed by atoms with Crippen LogP contribution in [-0.2, 0) is 9.59 Å². The van der Waals surface area contributed by atoms with Gasteiger partial charge < -0.3 is 20.3 Å². The number of allylic oxidation sites excluding steroid dienone is 1. The number of aliphatic imine (C=N–C) groups is 1. The molecule has 3 aromatic rings. The fourth-order valence-electron chi connectivity index (χ4n) is 4.89. The summed E-state index contributed by atoms with van der Waals surface area (Å²) in [5.41, 5.74) is 3.77. The van der Waals surface area contributed by atoms with Gasteiger partial charge in [-0.2, -0.15) is 0 Å². The van der Waals surface area contributed by atoms with Crippen LogP contribution in [0.15, 0.2) is 95.1 Å². The summed E-state index contributed by atoms with van der Waals surface area (Å²) in [5.74, 6) is 0.877. The predicted molar refractivity (Wildman–Crippen MR) is 165 cm³/mol. The maximum atomic E-state index is 13.8. The number of amidine groups is 1. The molecule has 2 aliphatic heterocycles. The molecule has 2 heterocycles. The van der Waals surface area contributed by atoms with E-state index < -0.39 is 11.0 Å². The van der Waals surface area contributed by atoms with Crippen LogP contribution in [-0.4, -0.2) is 46.2 Å². The molecule has 214 valence electrons. The van der Waals surface area contributed by atoms with Crippen LogP contribution in [0.1, 0.15) is 30.5 Å². The first-order valence-corrected chi connectivity index (χ1v) is 14.3. The third-order valence-corrected chi connectivity index (χ3v) is 7.94. The molecule has 0 aliphatic carbocycles. The number of benzene rings is 3. The molecule has 1 unspecified atom stereocenters. The van der Waals surface area contributed by atoms with Crippen molar-refractivity contribution in [2.24, 2.45) is 4.99 Å². The SMILES string of the molecule is COc1ccccc1NC(=O)C1=C(C)N=C2SCCCN2C1c1cccc(NC(=O)C=Cc2ccc([N+](=O)[O-])cc2)c1. The van der Waals surface area contributed by atoms with E-state index in [1.165, 1.54) is 18.2 Å². The number of fused-ring (bicyclic) bond motifs is 1. The van der Waals surface area contributed by atoms with E-state index >= 15 is 0 Å². The summed E-state index contributed by atoms with van der Waals surface area (Å²) >= 11 is 1.67. The molecule has 1 saturated heterocycles. The Morgan fingerprint density at radius 2 is 1.88 bits per heavy atom. The zero-order valence-electron chi connectivity index (χ0n) is 23.1. The van der Waals surface area contributed by atoms with E-state index in [1.54, 1.807) is 55.3 Å². The molecule has 1 atom stereocenters. The Morgan fingerprint density at radius 3 is 2.64 bits per heavy atom. The number of anilines is 2. The normalized spacial score (nSPS) is 16.5. The zero-order valence-corrected chi connectivity index (χ0v) is 23.9. The number of nitrogens with zero attached hydrogens (tertiary/aromatic N) is 3. The average Bonchev–Trinajstić information content (AvgIpc) is 3.00. The Morgan fingerprint density at radius 1 is 1.10 bits per heavy atom.